The number of carboxylic acid groups (broad SMARTS) is 1. The van der Waals surface area contributed by atoms with E-state index in [9.17, 15) is 4.79 Å². The first-order valence-corrected chi connectivity index (χ1v) is 4.06. The van der Waals surface area contributed by atoms with Gasteiger partial charge in [-0.3, -0.25) is 0 Å². The Kier molecular flexibility index (Phi) is 1.32. The molecule has 1 amide bonds. The van der Waals surface area contributed by atoms with Crippen molar-refractivity contribution in [2.75, 3.05) is 0 Å². The first-order chi connectivity index (χ1) is 5.25. The molecule has 0 aromatic rings. The summed E-state index contributed by atoms with van der Waals surface area (Å²) in [5.74, 6) is 0. The van der Waals surface area contributed by atoms with E-state index in [0.717, 1.165) is 25.7 Å². The van der Waals surface area contributed by atoms with Crippen LogP contribution in [0.5, 0.6) is 0 Å². The Hall–Kier alpha value is -0.770. The molecule has 2 rings (SSSR count). The fourth-order valence-electron chi connectivity index (χ4n) is 1.89. The van der Waals surface area contributed by atoms with Gasteiger partial charge in [0.05, 0.1) is 0 Å². The van der Waals surface area contributed by atoms with Crippen LogP contribution in [-0.4, -0.2) is 21.9 Å². The number of hydrazine groups is 1. The van der Waals surface area contributed by atoms with E-state index < -0.39 is 6.09 Å². The third kappa shape index (κ3) is 0.976. The highest BCUT2D eigenvalue weighted by Crippen LogP contribution is 2.39. The Balaban J connectivity index is 1.99. The molecule has 0 aromatic heterocycles. The van der Waals surface area contributed by atoms with Crippen molar-refractivity contribution in [2.45, 2.75) is 37.8 Å². The number of hydrogen-bond donors (Lipinski definition) is 2. The fraction of sp³-hybridized carbons (Fsp3) is 0.857. The van der Waals surface area contributed by atoms with Gasteiger partial charge in [0, 0.05) is 0 Å². The van der Waals surface area contributed by atoms with Gasteiger partial charge < -0.3 is 5.11 Å². The van der Waals surface area contributed by atoms with Gasteiger partial charge in [-0.25, -0.2) is 15.2 Å². The van der Waals surface area contributed by atoms with Crippen LogP contribution in [0.4, 0.5) is 4.79 Å². The minimum atomic E-state index is -0.841. The van der Waals surface area contributed by atoms with Gasteiger partial charge in [-0.15, -0.1) is 0 Å². The van der Waals surface area contributed by atoms with Crippen molar-refractivity contribution >= 4 is 6.09 Å². The second kappa shape index (κ2) is 2.11. The number of nitrogens with one attached hydrogen (secondary N) is 1. The third-order valence-electron chi connectivity index (χ3n) is 2.57. The van der Waals surface area contributed by atoms with Gasteiger partial charge in [-0.1, -0.05) is 6.42 Å². The van der Waals surface area contributed by atoms with Crippen molar-refractivity contribution in [3.05, 3.63) is 0 Å². The Morgan fingerprint density at radius 1 is 1.36 bits per heavy atom. The molecular formula is C7H12N2O2. The van der Waals surface area contributed by atoms with Crippen LogP contribution in [-0.2, 0) is 0 Å². The molecular weight excluding hydrogens is 144 g/mol. The third-order valence-corrected chi connectivity index (χ3v) is 2.57. The quantitative estimate of drug-likeness (QED) is 0.517. The summed E-state index contributed by atoms with van der Waals surface area (Å²) in [4.78, 5) is 10.5. The monoisotopic (exact) mass is 156 g/mol. The summed E-state index contributed by atoms with van der Waals surface area (Å²) in [6.45, 7) is 0. The number of nitrogens with zero attached hydrogens (tertiary/aromatic N) is 1. The van der Waals surface area contributed by atoms with E-state index in [1.54, 1.807) is 0 Å². The molecule has 0 radical (unpaired) electrons. The zero-order chi connectivity index (χ0) is 7.90. The molecule has 4 nitrogen and oxygen atoms in total. The van der Waals surface area contributed by atoms with Crippen LogP contribution < -0.4 is 5.43 Å². The van der Waals surface area contributed by atoms with Crippen molar-refractivity contribution in [3.63, 3.8) is 0 Å². The topological polar surface area (TPSA) is 62.2 Å². The summed E-state index contributed by atoms with van der Waals surface area (Å²) < 4.78 is 0. The average Bonchev–Trinajstić information content (AvgIpc) is 2.66. The SMILES string of the molecule is O=C(O)N1NC12CCCCC2. The van der Waals surface area contributed by atoms with E-state index in [1.807, 2.05) is 0 Å². The predicted octanol–water partition coefficient (Wildman–Crippen LogP) is 1.14. The van der Waals surface area contributed by atoms with E-state index in [2.05, 4.69) is 5.43 Å². The van der Waals surface area contributed by atoms with Crippen molar-refractivity contribution < 1.29 is 9.90 Å². The number of rotatable bonds is 0. The summed E-state index contributed by atoms with van der Waals surface area (Å²) in [6, 6.07) is 0. The highest BCUT2D eigenvalue weighted by atomic mass is 16.4. The molecule has 1 saturated carbocycles. The van der Waals surface area contributed by atoms with Gasteiger partial charge in [0.25, 0.3) is 0 Å². The fourth-order valence-corrected chi connectivity index (χ4v) is 1.89. The normalized spacial score (nSPS) is 27.1. The minimum Gasteiger partial charge on any atom is -0.464 e. The lowest BCUT2D eigenvalue weighted by Gasteiger charge is -2.17. The largest absolute Gasteiger partial charge is 0.464 e. The second-order valence-corrected chi connectivity index (χ2v) is 3.32. The molecule has 1 aliphatic heterocycles. The van der Waals surface area contributed by atoms with Crippen LogP contribution in [0.3, 0.4) is 0 Å². The molecule has 2 N–H and O–H groups in total. The van der Waals surface area contributed by atoms with E-state index in [0.29, 0.717) is 0 Å². The molecule has 0 aromatic carbocycles. The molecule has 1 saturated heterocycles. The standard InChI is InChI=1S/C7H12N2O2/c10-6(11)9-7(8-9)4-2-1-3-5-7/h8H,1-5H2,(H,10,11). The van der Waals surface area contributed by atoms with Crippen LogP contribution in [0, 0.1) is 0 Å². The molecule has 2 fully saturated rings. The Morgan fingerprint density at radius 3 is 2.45 bits per heavy atom. The van der Waals surface area contributed by atoms with Crippen molar-refractivity contribution in [2.24, 2.45) is 0 Å². The lowest BCUT2D eigenvalue weighted by molar-refractivity contribution is 0.164. The second-order valence-electron chi connectivity index (χ2n) is 3.32. The zero-order valence-electron chi connectivity index (χ0n) is 6.34. The highest BCUT2D eigenvalue weighted by Gasteiger charge is 2.55. The van der Waals surface area contributed by atoms with Gasteiger partial charge in [0.1, 0.15) is 5.66 Å². The van der Waals surface area contributed by atoms with E-state index in [-0.39, 0.29) is 5.66 Å². The lowest BCUT2D eigenvalue weighted by Crippen LogP contribution is -2.25. The summed E-state index contributed by atoms with van der Waals surface area (Å²) in [5.41, 5.74) is 2.77. The maximum absolute atomic E-state index is 10.5. The Bertz CT molecular complexity index is 187. The number of amides is 1. The van der Waals surface area contributed by atoms with E-state index >= 15 is 0 Å². The summed E-state index contributed by atoms with van der Waals surface area (Å²) >= 11 is 0. The minimum absolute atomic E-state index is 0.149. The Labute approximate surface area is 65.2 Å². The first-order valence-electron chi connectivity index (χ1n) is 4.06. The summed E-state index contributed by atoms with van der Waals surface area (Å²) in [6.07, 6.45) is 4.68. The smallest absolute Gasteiger partial charge is 0.423 e. The van der Waals surface area contributed by atoms with E-state index in [1.165, 1.54) is 11.4 Å². The molecule has 1 heterocycles. The molecule has 11 heavy (non-hydrogen) atoms. The maximum Gasteiger partial charge on any atom is 0.423 e. The molecule has 62 valence electrons. The van der Waals surface area contributed by atoms with Crippen LogP contribution >= 0.6 is 0 Å². The lowest BCUT2D eigenvalue weighted by atomic mass is 9.93. The molecule has 0 bridgehead atoms. The van der Waals surface area contributed by atoms with Crippen molar-refractivity contribution in [1.29, 1.82) is 0 Å². The maximum atomic E-state index is 10.5. The number of hydrogen-bond acceptors (Lipinski definition) is 2. The van der Waals surface area contributed by atoms with Crippen LogP contribution in [0.25, 0.3) is 0 Å². The molecule has 1 spiro atoms. The molecule has 1 aliphatic carbocycles. The first kappa shape index (κ1) is 6.91. The predicted molar refractivity (Wildman–Crippen MR) is 38.8 cm³/mol. The van der Waals surface area contributed by atoms with Gasteiger partial charge in [-0.05, 0) is 25.7 Å². The van der Waals surface area contributed by atoms with Crippen LogP contribution in [0.15, 0.2) is 0 Å². The van der Waals surface area contributed by atoms with Gasteiger partial charge in [0.15, 0.2) is 0 Å². The van der Waals surface area contributed by atoms with Crippen molar-refractivity contribution in [3.8, 4) is 0 Å². The molecule has 4 heteroatoms. The molecule has 0 atom stereocenters. The van der Waals surface area contributed by atoms with Gasteiger partial charge >= 0.3 is 6.09 Å². The van der Waals surface area contributed by atoms with Crippen molar-refractivity contribution in [1.82, 2.24) is 10.4 Å². The molecule has 0 unspecified atom stereocenters. The van der Waals surface area contributed by atoms with E-state index in [4.69, 9.17) is 5.11 Å². The van der Waals surface area contributed by atoms with Crippen LogP contribution in [0.2, 0.25) is 0 Å². The highest BCUT2D eigenvalue weighted by molar-refractivity contribution is 5.68. The number of carbonyl (C=O) groups is 1. The summed E-state index contributed by atoms with van der Waals surface area (Å²) in [5, 5.41) is 9.97. The summed E-state index contributed by atoms with van der Waals surface area (Å²) in [7, 11) is 0. The Morgan fingerprint density at radius 2 is 2.00 bits per heavy atom. The van der Waals surface area contributed by atoms with Gasteiger partial charge in [-0.2, -0.15) is 0 Å². The zero-order valence-corrected chi connectivity index (χ0v) is 6.34. The molecule has 2 aliphatic rings. The average molecular weight is 156 g/mol. The van der Waals surface area contributed by atoms with Crippen LogP contribution in [0.1, 0.15) is 32.1 Å². The van der Waals surface area contributed by atoms with Gasteiger partial charge in [0.2, 0.25) is 0 Å².